The third-order valence-corrected chi connectivity index (χ3v) is 6.27. The molecule has 1 aromatic carbocycles. The van der Waals surface area contributed by atoms with Crippen LogP contribution in [0.2, 0.25) is 10.0 Å². The standard InChI is InChI=1S/C16H21BrCl2O/c1-16(2)7-5-4-6-11(16)15(17)10-8-13(19)14(20-3)9-12(10)18/h8-9,11,15H,4-7H2,1-3H3. The molecule has 0 aromatic heterocycles. The lowest BCUT2D eigenvalue weighted by molar-refractivity contribution is 0.136. The minimum Gasteiger partial charge on any atom is -0.495 e. The molecule has 4 heteroatoms. The number of ether oxygens (including phenoxy) is 1. The van der Waals surface area contributed by atoms with Crippen molar-refractivity contribution < 1.29 is 4.74 Å². The van der Waals surface area contributed by atoms with E-state index in [4.69, 9.17) is 27.9 Å². The number of rotatable bonds is 3. The second-order valence-corrected chi connectivity index (χ2v) is 8.05. The van der Waals surface area contributed by atoms with E-state index in [1.54, 1.807) is 7.11 Å². The van der Waals surface area contributed by atoms with E-state index >= 15 is 0 Å². The molecule has 0 radical (unpaired) electrons. The van der Waals surface area contributed by atoms with Crippen LogP contribution in [0.15, 0.2) is 12.1 Å². The Kier molecular flexibility index (Phi) is 5.31. The van der Waals surface area contributed by atoms with Crippen molar-refractivity contribution in [2.24, 2.45) is 11.3 Å². The first kappa shape index (κ1) is 16.5. The summed E-state index contributed by atoms with van der Waals surface area (Å²) in [5.74, 6) is 1.20. The van der Waals surface area contributed by atoms with Crippen molar-refractivity contribution in [2.45, 2.75) is 44.4 Å². The molecule has 1 aliphatic rings. The number of hydrogen-bond acceptors (Lipinski definition) is 1. The summed E-state index contributed by atoms with van der Waals surface area (Å²) in [5, 5.41) is 1.33. The predicted molar refractivity (Wildman–Crippen MR) is 90.4 cm³/mol. The van der Waals surface area contributed by atoms with Crippen LogP contribution < -0.4 is 4.74 Å². The highest BCUT2D eigenvalue weighted by molar-refractivity contribution is 9.09. The highest BCUT2D eigenvalue weighted by Gasteiger charge is 2.37. The van der Waals surface area contributed by atoms with Crippen molar-refractivity contribution in [3.05, 3.63) is 27.7 Å². The van der Waals surface area contributed by atoms with E-state index in [2.05, 4.69) is 29.8 Å². The molecule has 1 aromatic rings. The first-order valence-corrected chi connectivity index (χ1v) is 8.71. The maximum atomic E-state index is 6.42. The van der Waals surface area contributed by atoms with Crippen molar-refractivity contribution >= 4 is 39.1 Å². The Morgan fingerprint density at radius 3 is 2.55 bits per heavy atom. The Hall–Kier alpha value is 0.0800. The largest absolute Gasteiger partial charge is 0.495 e. The monoisotopic (exact) mass is 378 g/mol. The minimum absolute atomic E-state index is 0.230. The van der Waals surface area contributed by atoms with Gasteiger partial charge in [-0.1, -0.05) is 65.8 Å². The zero-order chi connectivity index (χ0) is 14.9. The van der Waals surface area contributed by atoms with E-state index < -0.39 is 0 Å². The summed E-state index contributed by atoms with van der Waals surface area (Å²) in [4.78, 5) is 0.230. The van der Waals surface area contributed by atoms with E-state index in [1.165, 1.54) is 25.7 Å². The molecule has 2 unspecified atom stereocenters. The van der Waals surface area contributed by atoms with Crippen molar-refractivity contribution in [2.75, 3.05) is 7.11 Å². The molecule has 112 valence electrons. The van der Waals surface area contributed by atoms with Gasteiger partial charge in [0.1, 0.15) is 5.75 Å². The number of alkyl halides is 1. The summed E-state index contributed by atoms with van der Waals surface area (Å²) in [7, 11) is 1.60. The molecule has 1 saturated carbocycles. The SMILES string of the molecule is COc1cc(Cl)c(C(Br)C2CCCCC2(C)C)cc1Cl. The van der Waals surface area contributed by atoms with Crippen molar-refractivity contribution in [3.8, 4) is 5.75 Å². The van der Waals surface area contributed by atoms with Gasteiger partial charge in [-0.05, 0) is 35.8 Å². The van der Waals surface area contributed by atoms with Crippen LogP contribution in [-0.4, -0.2) is 7.11 Å². The quantitative estimate of drug-likeness (QED) is 0.533. The van der Waals surface area contributed by atoms with Gasteiger partial charge in [0, 0.05) is 15.9 Å². The molecule has 0 heterocycles. The lowest BCUT2D eigenvalue weighted by Gasteiger charge is -2.41. The van der Waals surface area contributed by atoms with E-state index in [1.807, 2.05) is 12.1 Å². The first-order valence-electron chi connectivity index (χ1n) is 7.04. The van der Waals surface area contributed by atoms with Crippen LogP contribution in [0.1, 0.15) is 49.9 Å². The Balaban J connectivity index is 2.33. The summed E-state index contributed by atoms with van der Waals surface area (Å²) in [6.07, 6.45) is 5.10. The third kappa shape index (κ3) is 3.28. The van der Waals surface area contributed by atoms with Gasteiger partial charge in [-0.15, -0.1) is 0 Å². The molecule has 0 amide bonds. The van der Waals surface area contributed by atoms with Crippen LogP contribution in [0.3, 0.4) is 0 Å². The van der Waals surface area contributed by atoms with Crippen LogP contribution in [0.4, 0.5) is 0 Å². The lowest BCUT2D eigenvalue weighted by Crippen LogP contribution is -2.30. The van der Waals surface area contributed by atoms with E-state index in [0.717, 1.165) is 10.6 Å². The van der Waals surface area contributed by atoms with Gasteiger partial charge >= 0.3 is 0 Å². The number of hydrogen-bond donors (Lipinski definition) is 0. The zero-order valence-electron chi connectivity index (χ0n) is 12.2. The summed E-state index contributed by atoms with van der Waals surface area (Å²) >= 11 is 16.5. The Labute approximate surface area is 140 Å². The van der Waals surface area contributed by atoms with Gasteiger partial charge in [-0.3, -0.25) is 0 Å². The molecule has 0 N–H and O–H groups in total. The van der Waals surface area contributed by atoms with E-state index in [0.29, 0.717) is 22.1 Å². The molecule has 1 fully saturated rings. The van der Waals surface area contributed by atoms with Gasteiger partial charge in [-0.25, -0.2) is 0 Å². The number of benzene rings is 1. The fourth-order valence-electron chi connectivity index (χ4n) is 3.19. The van der Waals surface area contributed by atoms with Crippen LogP contribution in [0.5, 0.6) is 5.75 Å². The maximum Gasteiger partial charge on any atom is 0.138 e. The molecule has 2 rings (SSSR count). The molecular formula is C16H21BrCl2O. The van der Waals surface area contributed by atoms with Gasteiger partial charge in [0.25, 0.3) is 0 Å². The summed E-state index contributed by atoms with van der Waals surface area (Å²) in [6.45, 7) is 4.70. The van der Waals surface area contributed by atoms with Gasteiger partial charge in [0.15, 0.2) is 0 Å². The molecule has 1 aliphatic carbocycles. The van der Waals surface area contributed by atoms with Crippen molar-refractivity contribution in [3.63, 3.8) is 0 Å². The zero-order valence-corrected chi connectivity index (χ0v) is 15.3. The van der Waals surface area contributed by atoms with E-state index in [9.17, 15) is 0 Å². The molecule has 20 heavy (non-hydrogen) atoms. The smallest absolute Gasteiger partial charge is 0.138 e. The topological polar surface area (TPSA) is 9.23 Å². The van der Waals surface area contributed by atoms with Crippen LogP contribution in [-0.2, 0) is 0 Å². The molecule has 1 nitrogen and oxygen atoms in total. The van der Waals surface area contributed by atoms with Crippen molar-refractivity contribution in [1.29, 1.82) is 0 Å². The van der Waals surface area contributed by atoms with Gasteiger partial charge in [0.2, 0.25) is 0 Å². The van der Waals surface area contributed by atoms with Crippen LogP contribution in [0, 0.1) is 11.3 Å². The Morgan fingerprint density at radius 2 is 1.95 bits per heavy atom. The molecule has 0 spiro atoms. The number of halogens is 3. The Morgan fingerprint density at radius 1 is 1.25 bits per heavy atom. The van der Waals surface area contributed by atoms with Crippen LogP contribution >= 0.6 is 39.1 Å². The summed E-state index contributed by atoms with van der Waals surface area (Å²) in [6, 6.07) is 3.75. The Bertz CT molecular complexity index is 488. The summed E-state index contributed by atoms with van der Waals surface area (Å²) in [5.41, 5.74) is 1.39. The third-order valence-electron chi connectivity index (χ3n) is 4.51. The molecule has 0 saturated heterocycles. The van der Waals surface area contributed by atoms with Gasteiger partial charge in [-0.2, -0.15) is 0 Å². The maximum absolute atomic E-state index is 6.42. The fraction of sp³-hybridized carbons (Fsp3) is 0.625. The second-order valence-electron chi connectivity index (χ2n) is 6.25. The molecular weight excluding hydrogens is 359 g/mol. The first-order chi connectivity index (χ1) is 9.36. The lowest BCUT2D eigenvalue weighted by atomic mass is 9.67. The minimum atomic E-state index is 0.230. The van der Waals surface area contributed by atoms with Crippen molar-refractivity contribution in [1.82, 2.24) is 0 Å². The normalized spacial score (nSPS) is 23.4. The van der Waals surface area contributed by atoms with Gasteiger partial charge < -0.3 is 4.74 Å². The predicted octanol–water partition coefficient (Wildman–Crippen LogP) is 6.65. The molecule has 0 bridgehead atoms. The second kappa shape index (κ2) is 6.46. The van der Waals surface area contributed by atoms with Crippen LogP contribution in [0.25, 0.3) is 0 Å². The molecule has 0 aliphatic heterocycles. The highest BCUT2D eigenvalue weighted by atomic mass is 79.9. The average molecular weight is 380 g/mol. The number of methoxy groups -OCH3 is 1. The fourth-order valence-corrected chi connectivity index (χ4v) is 5.20. The van der Waals surface area contributed by atoms with Gasteiger partial charge in [0.05, 0.1) is 12.1 Å². The average Bonchev–Trinajstić information content (AvgIpc) is 2.39. The molecule has 2 atom stereocenters. The highest BCUT2D eigenvalue weighted by Crippen LogP contribution is 2.52. The van der Waals surface area contributed by atoms with E-state index in [-0.39, 0.29) is 4.83 Å². The summed E-state index contributed by atoms with van der Waals surface area (Å²) < 4.78 is 5.22.